The standard InChI is InChI=1S/C22H17FN2OS/c23-18-13-11-16(12-14-18)20(26)25-22-19(15-7-3-1-4-8-15)24-21(27-22)17-9-5-2-6-10-17/h1-14,21,24H,(H,25,26). The molecule has 0 bridgehead atoms. The third kappa shape index (κ3) is 3.88. The first-order valence-electron chi connectivity index (χ1n) is 8.55. The molecule has 1 aliphatic rings. The van der Waals surface area contributed by atoms with Gasteiger partial charge in [0.1, 0.15) is 16.2 Å². The largest absolute Gasteiger partial charge is 0.367 e. The van der Waals surface area contributed by atoms with E-state index in [1.54, 1.807) is 11.8 Å². The first kappa shape index (κ1) is 17.4. The van der Waals surface area contributed by atoms with Crippen molar-refractivity contribution in [2.75, 3.05) is 0 Å². The second-order valence-corrected chi connectivity index (χ2v) is 7.20. The second kappa shape index (κ2) is 7.68. The molecule has 0 fully saturated rings. The molecule has 0 spiro atoms. The van der Waals surface area contributed by atoms with Gasteiger partial charge in [0.05, 0.1) is 5.70 Å². The highest BCUT2D eigenvalue weighted by molar-refractivity contribution is 8.03. The molecule has 2 N–H and O–H groups in total. The van der Waals surface area contributed by atoms with Crippen molar-refractivity contribution in [2.45, 2.75) is 5.37 Å². The van der Waals surface area contributed by atoms with Crippen molar-refractivity contribution in [1.82, 2.24) is 10.6 Å². The van der Waals surface area contributed by atoms with Crippen molar-refractivity contribution >= 4 is 23.4 Å². The molecule has 3 nitrogen and oxygen atoms in total. The number of hydrogen-bond donors (Lipinski definition) is 2. The molecule has 134 valence electrons. The smallest absolute Gasteiger partial charge is 0.256 e. The highest BCUT2D eigenvalue weighted by Gasteiger charge is 2.27. The lowest BCUT2D eigenvalue weighted by atomic mass is 10.1. The van der Waals surface area contributed by atoms with Crippen LogP contribution >= 0.6 is 11.8 Å². The van der Waals surface area contributed by atoms with Crippen LogP contribution in [0, 0.1) is 5.82 Å². The third-order valence-electron chi connectivity index (χ3n) is 4.24. The van der Waals surface area contributed by atoms with Crippen LogP contribution in [-0.4, -0.2) is 5.91 Å². The number of hydrogen-bond acceptors (Lipinski definition) is 3. The van der Waals surface area contributed by atoms with Gasteiger partial charge in [-0.05, 0) is 29.8 Å². The molecular weight excluding hydrogens is 359 g/mol. The summed E-state index contributed by atoms with van der Waals surface area (Å²) in [6.45, 7) is 0. The summed E-state index contributed by atoms with van der Waals surface area (Å²) in [7, 11) is 0. The highest BCUT2D eigenvalue weighted by atomic mass is 32.2. The molecule has 4 rings (SSSR count). The van der Waals surface area contributed by atoms with Crippen LogP contribution in [0.15, 0.2) is 90.0 Å². The van der Waals surface area contributed by atoms with E-state index in [4.69, 9.17) is 0 Å². The maximum atomic E-state index is 13.1. The number of carbonyl (C=O) groups excluding carboxylic acids is 1. The number of carbonyl (C=O) groups is 1. The molecule has 0 aliphatic carbocycles. The summed E-state index contributed by atoms with van der Waals surface area (Å²) in [4.78, 5) is 12.6. The molecule has 0 saturated heterocycles. The molecular formula is C22H17FN2OS. The summed E-state index contributed by atoms with van der Waals surface area (Å²) in [6.07, 6.45) is 0. The lowest BCUT2D eigenvalue weighted by molar-refractivity contribution is 0.0969. The van der Waals surface area contributed by atoms with Gasteiger partial charge in [0.25, 0.3) is 5.91 Å². The van der Waals surface area contributed by atoms with Crippen molar-refractivity contribution in [3.8, 4) is 0 Å². The Morgan fingerprint density at radius 2 is 1.52 bits per heavy atom. The van der Waals surface area contributed by atoms with Crippen LogP contribution in [-0.2, 0) is 0 Å². The minimum atomic E-state index is -0.364. The minimum Gasteiger partial charge on any atom is -0.367 e. The SMILES string of the molecule is O=C(NC1=C(c2ccccc2)NC(c2ccccc2)S1)c1ccc(F)cc1. The Morgan fingerprint density at radius 1 is 0.889 bits per heavy atom. The Labute approximate surface area is 161 Å². The van der Waals surface area contributed by atoms with E-state index >= 15 is 0 Å². The van der Waals surface area contributed by atoms with Crippen LogP contribution in [0.3, 0.4) is 0 Å². The van der Waals surface area contributed by atoms with E-state index in [1.807, 2.05) is 48.5 Å². The number of thioether (sulfide) groups is 1. The van der Waals surface area contributed by atoms with E-state index in [-0.39, 0.29) is 17.1 Å². The molecule has 27 heavy (non-hydrogen) atoms. The quantitative estimate of drug-likeness (QED) is 0.679. The Bertz CT molecular complexity index is 972. The van der Waals surface area contributed by atoms with Crippen LogP contribution < -0.4 is 10.6 Å². The summed E-state index contributed by atoms with van der Waals surface area (Å²) in [5.74, 6) is -0.627. The van der Waals surface area contributed by atoms with Gasteiger partial charge < -0.3 is 10.6 Å². The van der Waals surface area contributed by atoms with Gasteiger partial charge in [0.2, 0.25) is 0 Å². The molecule has 1 heterocycles. The molecule has 1 aliphatic heterocycles. The maximum Gasteiger partial charge on any atom is 0.256 e. The third-order valence-corrected chi connectivity index (χ3v) is 5.40. The first-order chi connectivity index (χ1) is 13.2. The summed E-state index contributed by atoms with van der Waals surface area (Å²) in [6, 6.07) is 25.5. The van der Waals surface area contributed by atoms with E-state index in [2.05, 4.69) is 22.8 Å². The van der Waals surface area contributed by atoms with Crippen molar-refractivity contribution < 1.29 is 9.18 Å². The van der Waals surface area contributed by atoms with E-state index in [9.17, 15) is 9.18 Å². The number of halogens is 1. The van der Waals surface area contributed by atoms with E-state index in [0.29, 0.717) is 5.56 Å². The molecule has 5 heteroatoms. The molecule has 3 aromatic carbocycles. The molecule has 0 aromatic heterocycles. The molecule has 0 saturated carbocycles. The van der Waals surface area contributed by atoms with Crippen molar-refractivity contribution in [2.24, 2.45) is 0 Å². The van der Waals surface area contributed by atoms with Crippen LogP contribution in [0.5, 0.6) is 0 Å². The number of rotatable bonds is 4. The van der Waals surface area contributed by atoms with Gasteiger partial charge in [-0.25, -0.2) is 4.39 Å². The number of amides is 1. The Morgan fingerprint density at radius 3 is 2.19 bits per heavy atom. The molecule has 1 unspecified atom stereocenters. The fourth-order valence-electron chi connectivity index (χ4n) is 2.87. The summed E-state index contributed by atoms with van der Waals surface area (Å²) in [5.41, 5.74) is 3.42. The van der Waals surface area contributed by atoms with Gasteiger partial charge in [-0.3, -0.25) is 4.79 Å². The molecule has 1 atom stereocenters. The van der Waals surface area contributed by atoms with Gasteiger partial charge in [-0.1, -0.05) is 72.4 Å². The summed E-state index contributed by atoms with van der Waals surface area (Å²) >= 11 is 1.56. The minimum absolute atomic E-state index is 0.00456. The highest BCUT2D eigenvalue weighted by Crippen LogP contribution is 2.42. The van der Waals surface area contributed by atoms with E-state index in [1.165, 1.54) is 24.3 Å². The predicted octanol–water partition coefficient (Wildman–Crippen LogP) is 4.92. The molecule has 0 radical (unpaired) electrons. The summed E-state index contributed by atoms with van der Waals surface area (Å²) in [5, 5.41) is 7.25. The van der Waals surface area contributed by atoms with Crippen LogP contribution in [0.4, 0.5) is 4.39 Å². The Kier molecular flexibility index (Phi) is 4.94. The Balaban J connectivity index is 1.63. The summed E-state index contributed by atoms with van der Waals surface area (Å²) < 4.78 is 13.1. The van der Waals surface area contributed by atoms with E-state index in [0.717, 1.165) is 21.9 Å². The van der Waals surface area contributed by atoms with Crippen LogP contribution in [0.1, 0.15) is 26.9 Å². The van der Waals surface area contributed by atoms with Gasteiger partial charge >= 0.3 is 0 Å². The molecule has 3 aromatic rings. The zero-order chi connectivity index (χ0) is 18.6. The monoisotopic (exact) mass is 376 g/mol. The fourth-order valence-corrected chi connectivity index (χ4v) is 4.02. The first-order valence-corrected chi connectivity index (χ1v) is 9.43. The maximum absolute atomic E-state index is 13.1. The molecule has 1 amide bonds. The van der Waals surface area contributed by atoms with Gasteiger partial charge in [-0.15, -0.1) is 0 Å². The van der Waals surface area contributed by atoms with Crippen molar-refractivity contribution in [3.05, 3.63) is 112 Å². The van der Waals surface area contributed by atoms with Gasteiger partial charge in [-0.2, -0.15) is 0 Å². The number of nitrogens with one attached hydrogen (secondary N) is 2. The second-order valence-electron chi connectivity index (χ2n) is 6.08. The van der Waals surface area contributed by atoms with Gasteiger partial charge in [0.15, 0.2) is 0 Å². The average molecular weight is 376 g/mol. The average Bonchev–Trinajstić information content (AvgIpc) is 3.13. The van der Waals surface area contributed by atoms with Crippen molar-refractivity contribution in [1.29, 1.82) is 0 Å². The topological polar surface area (TPSA) is 41.1 Å². The number of benzene rings is 3. The fraction of sp³-hybridized carbons (Fsp3) is 0.0455. The van der Waals surface area contributed by atoms with Gasteiger partial charge in [0, 0.05) is 11.1 Å². The van der Waals surface area contributed by atoms with Crippen molar-refractivity contribution in [3.63, 3.8) is 0 Å². The normalized spacial score (nSPS) is 16.1. The lowest BCUT2D eigenvalue weighted by Gasteiger charge is -2.12. The Hall–Kier alpha value is -3.05. The predicted molar refractivity (Wildman–Crippen MR) is 107 cm³/mol. The van der Waals surface area contributed by atoms with Crippen LogP contribution in [0.25, 0.3) is 5.70 Å². The van der Waals surface area contributed by atoms with E-state index < -0.39 is 0 Å². The zero-order valence-electron chi connectivity index (χ0n) is 14.4. The zero-order valence-corrected chi connectivity index (χ0v) is 15.2. The lowest BCUT2D eigenvalue weighted by Crippen LogP contribution is -2.22. The van der Waals surface area contributed by atoms with Crippen LogP contribution in [0.2, 0.25) is 0 Å².